The molecule has 1 aliphatic heterocycles. The molecular formula is C15H20N2O3S. The highest BCUT2D eigenvalue weighted by molar-refractivity contribution is 7.89. The lowest BCUT2D eigenvalue weighted by molar-refractivity contribution is -0.117. The van der Waals surface area contributed by atoms with E-state index >= 15 is 0 Å². The summed E-state index contributed by atoms with van der Waals surface area (Å²) in [5, 5.41) is 0. The van der Waals surface area contributed by atoms with Crippen LogP contribution in [0.15, 0.2) is 23.1 Å². The Morgan fingerprint density at radius 1 is 1.29 bits per heavy atom. The van der Waals surface area contributed by atoms with Gasteiger partial charge >= 0.3 is 0 Å². The van der Waals surface area contributed by atoms with Gasteiger partial charge in [-0.2, -0.15) is 4.31 Å². The van der Waals surface area contributed by atoms with Gasteiger partial charge in [-0.05, 0) is 50.5 Å². The maximum atomic E-state index is 12.8. The van der Waals surface area contributed by atoms with Crippen molar-refractivity contribution in [3.63, 3.8) is 0 Å². The quantitative estimate of drug-likeness (QED) is 0.852. The minimum absolute atomic E-state index is 0.00227. The lowest BCUT2D eigenvalue weighted by Crippen LogP contribution is -2.38. The Balaban J connectivity index is 2.01. The number of anilines is 1. The molecule has 21 heavy (non-hydrogen) atoms. The molecule has 3 rings (SSSR count). The second-order valence-electron chi connectivity index (χ2n) is 6.08. The molecule has 1 aromatic carbocycles. The molecular weight excluding hydrogens is 288 g/mol. The van der Waals surface area contributed by atoms with E-state index in [-0.39, 0.29) is 24.4 Å². The van der Waals surface area contributed by atoms with Crippen molar-refractivity contribution in [2.45, 2.75) is 50.1 Å². The van der Waals surface area contributed by atoms with Crippen molar-refractivity contribution >= 4 is 21.6 Å². The normalized spacial score (nSPS) is 18.7. The van der Waals surface area contributed by atoms with Crippen molar-refractivity contribution in [1.29, 1.82) is 0 Å². The number of hydrogen-bond acceptors (Lipinski definition) is 3. The molecule has 0 spiro atoms. The zero-order chi connectivity index (χ0) is 15.4. The minimum atomic E-state index is -3.49. The first-order valence-electron chi connectivity index (χ1n) is 7.25. The molecule has 114 valence electrons. The van der Waals surface area contributed by atoms with Crippen LogP contribution in [0.25, 0.3) is 0 Å². The molecule has 5 nitrogen and oxygen atoms in total. The van der Waals surface area contributed by atoms with Crippen LogP contribution in [0.1, 0.15) is 32.3 Å². The SMILES string of the molecule is CC(C)N(C1CC1)S(=O)(=O)c1ccc2c(c1)CC(=O)N2C. The van der Waals surface area contributed by atoms with E-state index in [1.165, 1.54) is 0 Å². The van der Waals surface area contributed by atoms with Crippen molar-refractivity contribution in [2.75, 3.05) is 11.9 Å². The second-order valence-corrected chi connectivity index (χ2v) is 7.92. The van der Waals surface area contributed by atoms with E-state index in [1.807, 2.05) is 13.8 Å². The van der Waals surface area contributed by atoms with Crippen LogP contribution in [-0.4, -0.2) is 37.8 Å². The average Bonchev–Trinajstić information content (AvgIpc) is 3.16. The number of amides is 1. The Labute approximate surface area is 125 Å². The first-order valence-corrected chi connectivity index (χ1v) is 8.69. The minimum Gasteiger partial charge on any atom is -0.315 e. The van der Waals surface area contributed by atoms with E-state index in [1.54, 1.807) is 34.5 Å². The Hall–Kier alpha value is -1.40. The van der Waals surface area contributed by atoms with Gasteiger partial charge < -0.3 is 4.90 Å². The van der Waals surface area contributed by atoms with Gasteiger partial charge in [0.2, 0.25) is 15.9 Å². The number of carbonyl (C=O) groups is 1. The summed E-state index contributed by atoms with van der Waals surface area (Å²) in [6.07, 6.45) is 2.15. The van der Waals surface area contributed by atoms with Gasteiger partial charge in [0.15, 0.2) is 0 Å². The van der Waals surface area contributed by atoms with E-state index < -0.39 is 10.0 Å². The fraction of sp³-hybridized carbons (Fsp3) is 0.533. The summed E-state index contributed by atoms with van der Waals surface area (Å²) in [4.78, 5) is 13.6. The largest absolute Gasteiger partial charge is 0.315 e. The van der Waals surface area contributed by atoms with E-state index in [2.05, 4.69) is 0 Å². The van der Waals surface area contributed by atoms with Crippen LogP contribution in [0.3, 0.4) is 0 Å². The third kappa shape index (κ3) is 2.36. The highest BCUT2D eigenvalue weighted by Gasteiger charge is 2.40. The Kier molecular flexibility index (Phi) is 3.33. The number of benzene rings is 1. The Morgan fingerprint density at radius 2 is 1.95 bits per heavy atom. The van der Waals surface area contributed by atoms with Gasteiger partial charge in [0.25, 0.3) is 0 Å². The summed E-state index contributed by atoms with van der Waals surface area (Å²) in [6.45, 7) is 3.81. The van der Waals surface area contributed by atoms with Crippen LogP contribution in [0.5, 0.6) is 0 Å². The molecule has 6 heteroatoms. The molecule has 1 fully saturated rings. The molecule has 2 aliphatic rings. The van der Waals surface area contributed by atoms with Crippen molar-refractivity contribution in [3.8, 4) is 0 Å². The average molecular weight is 308 g/mol. The molecule has 1 aromatic rings. The molecule has 0 saturated heterocycles. The molecule has 1 amide bonds. The number of likely N-dealkylation sites (N-methyl/N-ethyl adjacent to an activating group) is 1. The molecule has 0 radical (unpaired) electrons. The summed E-state index contributed by atoms with van der Waals surface area (Å²) in [7, 11) is -1.77. The van der Waals surface area contributed by atoms with Gasteiger partial charge in [0.1, 0.15) is 0 Å². The second kappa shape index (κ2) is 4.81. The van der Waals surface area contributed by atoms with Crippen molar-refractivity contribution < 1.29 is 13.2 Å². The summed E-state index contributed by atoms with van der Waals surface area (Å²) in [5.41, 5.74) is 1.60. The fourth-order valence-corrected chi connectivity index (χ4v) is 4.89. The maximum absolute atomic E-state index is 12.8. The van der Waals surface area contributed by atoms with Crippen molar-refractivity contribution in [2.24, 2.45) is 0 Å². The number of rotatable bonds is 4. The van der Waals surface area contributed by atoms with E-state index in [9.17, 15) is 13.2 Å². The van der Waals surface area contributed by atoms with E-state index in [0.717, 1.165) is 24.1 Å². The molecule has 1 saturated carbocycles. The lowest BCUT2D eigenvalue weighted by Gasteiger charge is -2.26. The van der Waals surface area contributed by atoms with Gasteiger partial charge in [-0.15, -0.1) is 0 Å². The fourth-order valence-electron chi connectivity index (χ4n) is 2.95. The maximum Gasteiger partial charge on any atom is 0.243 e. The predicted molar refractivity (Wildman–Crippen MR) is 80.7 cm³/mol. The van der Waals surface area contributed by atoms with Gasteiger partial charge in [-0.1, -0.05) is 0 Å². The van der Waals surface area contributed by atoms with Crippen LogP contribution in [0.4, 0.5) is 5.69 Å². The predicted octanol–water partition coefficient (Wildman–Crippen LogP) is 1.77. The first kappa shape index (κ1) is 14.5. The first-order chi connectivity index (χ1) is 9.82. The van der Waals surface area contributed by atoms with Gasteiger partial charge in [-0.25, -0.2) is 8.42 Å². The van der Waals surface area contributed by atoms with Crippen molar-refractivity contribution in [1.82, 2.24) is 4.31 Å². The van der Waals surface area contributed by atoms with Gasteiger partial charge in [0.05, 0.1) is 11.3 Å². The molecule has 1 heterocycles. The lowest BCUT2D eigenvalue weighted by atomic mass is 10.2. The third-order valence-electron chi connectivity index (χ3n) is 4.12. The smallest absolute Gasteiger partial charge is 0.243 e. The third-order valence-corrected chi connectivity index (χ3v) is 6.24. The molecule has 0 atom stereocenters. The highest BCUT2D eigenvalue weighted by Crippen LogP contribution is 2.36. The zero-order valence-corrected chi connectivity index (χ0v) is 13.4. The number of fused-ring (bicyclic) bond motifs is 1. The highest BCUT2D eigenvalue weighted by atomic mass is 32.2. The van der Waals surface area contributed by atoms with E-state index in [0.29, 0.717) is 4.90 Å². The topological polar surface area (TPSA) is 57.7 Å². The van der Waals surface area contributed by atoms with Gasteiger partial charge in [0, 0.05) is 24.8 Å². The van der Waals surface area contributed by atoms with Crippen LogP contribution >= 0.6 is 0 Å². The van der Waals surface area contributed by atoms with Crippen molar-refractivity contribution in [3.05, 3.63) is 23.8 Å². The van der Waals surface area contributed by atoms with Gasteiger partial charge in [-0.3, -0.25) is 4.79 Å². The molecule has 0 unspecified atom stereocenters. The Morgan fingerprint density at radius 3 is 2.52 bits per heavy atom. The van der Waals surface area contributed by atoms with E-state index in [4.69, 9.17) is 0 Å². The standard InChI is InChI=1S/C15H20N2O3S/c1-10(2)17(12-4-5-12)21(19,20)13-6-7-14-11(8-13)9-15(18)16(14)3/h6-8,10,12H,4-5,9H2,1-3H3. The number of nitrogens with zero attached hydrogens (tertiary/aromatic N) is 2. The Bertz CT molecular complexity index is 691. The summed E-state index contributed by atoms with van der Waals surface area (Å²) in [5.74, 6) is 0.00227. The van der Waals surface area contributed by atoms with Crippen LogP contribution in [0.2, 0.25) is 0 Å². The number of carbonyl (C=O) groups excluding carboxylic acids is 1. The molecule has 0 aromatic heterocycles. The van der Waals surface area contributed by atoms with Crippen LogP contribution in [0, 0.1) is 0 Å². The van der Waals surface area contributed by atoms with Crippen LogP contribution < -0.4 is 4.90 Å². The van der Waals surface area contributed by atoms with Crippen LogP contribution in [-0.2, 0) is 21.2 Å². The molecule has 1 aliphatic carbocycles. The summed E-state index contributed by atoms with van der Waals surface area (Å²) >= 11 is 0. The summed E-state index contributed by atoms with van der Waals surface area (Å²) < 4.78 is 27.3. The number of hydrogen-bond donors (Lipinski definition) is 0. The monoisotopic (exact) mass is 308 g/mol. The zero-order valence-electron chi connectivity index (χ0n) is 12.5. The summed E-state index contributed by atoms with van der Waals surface area (Å²) in [6, 6.07) is 5.08. The molecule has 0 N–H and O–H groups in total. The number of sulfonamides is 1. The molecule has 0 bridgehead atoms.